The van der Waals surface area contributed by atoms with Crippen LogP contribution in [0.15, 0.2) is 58.3 Å². The Balaban J connectivity index is 1.71. The highest BCUT2D eigenvalue weighted by Gasteiger charge is 2.32. The number of thioether (sulfide) groups is 1. The fraction of sp³-hybridized carbons (Fsp3) is 0.333. The predicted molar refractivity (Wildman–Crippen MR) is 100 cm³/mol. The van der Waals surface area contributed by atoms with E-state index in [1.165, 1.54) is 0 Å². The highest BCUT2D eigenvalue weighted by molar-refractivity contribution is 8.00. The van der Waals surface area contributed by atoms with Gasteiger partial charge in [-0.2, -0.15) is 0 Å². The molecule has 1 aliphatic carbocycles. The van der Waals surface area contributed by atoms with Crippen LogP contribution in [-0.2, 0) is 10.0 Å². The van der Waals surface area contributed by atoms with Crippen molar-refractivity contribution in [1.29, 1.82) is 0 Å². The van der Waals surface area contributed by atoms with Gasteiger partial charge in [-0.25, -0.2) is 13.1 Å². The van der Waals surface area contributed by atoms with Gasteiger partial charge in [-0.05, 0) is 56.2 Å². The average molecular weight is 382 g/mol. The molecule has 0 saturated heterocycles. The first-order valence-corrected chi connectivity index (χ1v) is 10.7. The molecule has 0 spiro atoms. The second-order valence-corrected chi connectivity index (χ2v) is 9.54. The maximum Gasteiger partial charge on any atom is 0.240 e. The van der Waals surface area contributed by atoms with Crippen LogP contribution in [0.25, 0.3) is 0 Å². The van der Waals surface area contributed by atoms with Gasteiger partial charge < -0.3 is 0 Å². The number of halogens is 1. The molecular formula is C18H20ClNO2S2. The number of aryl methyl sites for hydroxylation is 1. The zero-order chi connectivity index (χ0) is 17.2. The minimum atomic E-state index is -3.48. The van der Waals surface area contributed by atoms with Gasteiger partial charge in [0.15, 0.2) is 0 Å². The van der Waals surface area contributed by atoms with Crippen molar-refractivity contribution in [3.05, 3.63) is 59.1 Å². The molecule has 3 rings (SSSR count). The zero-order valence-corrected chi connectivity index (χ0v) is 15.8. The lowest BCUT2D eigenvalue weighted by molar-refractivity contribution is 0.555. The highest BCUT2D eigenvalue weighted by atomic mass is 35.5. The van der Waals surface area contributed by atoms with Crippen molar-refractivity contribution in [1.82, 2.24) is 4.72 Å². The lowest BCUT2D eigenvalue weighted by Gasteiger charge is -2.20. The summed E-state index contributed by atoms with van der Waals surface area (Å²) in [6.45, 7) is 1.94. The van der Waals surface area contributed by atoms with E-state index in [1.54, 1.807) is 23.9 Å². The van der Waals surface area contributed by atoms with Crippen LogP contribution in [0.4, 0.5) is 0 Å². The van der Waals surface area contributed by atoms with E-state index < -0.39 is 10.0 Å². The third-order valence-electron chi connectivity index (χ3n) is 4.19. The first-order chi connectivity index (χ1) is 11.4. The maximum atomic E-state index is 12.6. The Morgan fingerprint density at radius 1 is 1.04 bits per heavy atom. The van der Waals surface area contributed by atoms with Crippen LogP contribution in [0.3, 0.4) is 0 Å². The third-order valence-corrected chi connectivity index (χ3v) is 7.36. The minimum Gasteiger partial charge on any atom is -0.207 e. The van der Waals surface area contributed by atoms with Crippen molar-refractivity contribution < 1.29 is 8.42 Å². The number of hydrogen-bond acceptors (Lipinski definition) is 3. The molecule has 2 aromatic carbocycles. The Hall–Kier alpha value is -1.01. The Bertz CT molecular complexity index is 789. The molecule has 128 valence electrons. The lowest BCUT2D eigenvalue weighted by atomic mass is 10.2. The molecule has 0 heterocycles. The van der Waals surface area contributed by atoms with E-state index in [4.69, 9.17) is 11.6 Å². The fourth-order valence-corrected chi connectivity index (χ4v) is 5.69. The summed E-state index contributed by atoms with van der Waals surface area (Å²) >= 11 is 7.64. The summed E-state index contributed by atoms with van der Waals surface area (Å²) in [6, 6.07) is 14.6. The predicted octanol–water partition coefficient (Wildman–Crippen LogP) is 4.64. The Morgan fingerprint density at radius 3 is 2.38 bits per heavy atom. The SMILES string of the molecule is Cc1ccc(S(=O)(=O)N[C@@H]2CCC[C@H]2Sc2ccc(Cl)cc2)cc1. The second-order valence-electron chi connectivity index (χ2n) is 6.08. The standard InChI is InChI=1S/C18H20ClNO2S2/c1-13-5-11-16(12-6-13)24(21,22)20-17-3-2-4-18(17)23-15-9-7-14(19)8-10-15/h5-12,17-18,20H,2-4H2,1H3/t17-,18-/m1/s1. The van der Waals surface area contributed by atoms with E-state index in [-0.39, 0.29) is 11.3 Å². The maximum absolute atomic E-state index is 12.6. The van der Waals surface area contributed by atoms with Crippen LogP contribution in [-0.4, -0.2) is 19.7 Å². The van der Waals surface area contributed by atoms with Crippen molar-refractivity contribution >= 4 is 33.4 Å². The average Bonchev–Trinajstić information content (AvgIpc) is 2.96. The Kier molecular flexibility index (Phi) is 5.55. The number of sulfonamides is 1. The number of nitrogens with one attached hydrogen (secondary N) is 1. The molecule has 3 nitrogen and oxygen atoms in total. The summed E-state index contributed by atoms with van der Waals surface area (Å²) < 4.78 is 28.1. The molecule has 0 radical (unpaired) electrons. The second kappa shape index (κ2) is 7.48. The molecule has 0 aliphatic heterocycles. The van der Waals surface area contributed by atoms with Crippen LogP contribution in [0.1, 0.15) is 24.8 Å². The molecule has 1 aliphatic rings. The molecule has 1 saturated carbocycles. The van der Waals surface area contributed by atoms with Crippen LogP contribution in [0.2, 0.25) is 5.02 Å². The van der Waals surface area contributed by atoms with E-state index in [0.717, 1.165) is 29.7 Å². The number of hydrogen-bond donors (Lipinski definition) is 1. The third kappa shape index (κ3) is 4.33. The van der Waals surface area contributed by atoms with Gasteiger partial charge >= 0.3 is 0 Å². The molecule has 1 N–H and O–H groups in total. The first-order valence-electron chi connectivity index (χ1n) is 7.95. The van der Waals surface area contributed by atoms with Crippen LogP contribution in [0, 0.1) is 6.92 Å². The highest BCUT2D eigenvalue weighted by Crippen LogP contribution is 2.36. The fourth-order valence-electron chi connectivity index (χ4n) is 2.87. The molecule has 2 aromatic rings. The lowest BCUT2D eigenvalue weighted by Crippen LogP contribution is -2.38. The molecule has 0 amide bonds. The quantitative estimate of drug-likeness (QED) is 0.820. The molecule has 0 bridgehead atoms. The molecule has 0 unspecified atom stereocenters. The van der Waals surface area contributed by atoms with Gasteiger partial charge in [0.05, 0.1) is 4.90 Å². The topological polar surface area (TPSA) is 46.2 Å². The summed E-state index contributed by atoms with van der Waals surface area (Å²) in [6.07, 6.45) is 2.91. The monoisotopic (exact) mass is 381 g/mol. The van der Waals surface area contributed by atoms with Crippen LogP contribution >= 0.6 is 23.4 Å². The van der Waals surface area contributed by atoms with E-state index in [0.29, 0.717) is 9.92 Å². The van der Waals surface area contributed by atoms with Crippen molar-refractivity contribution in [3.8, 4) is 0 Å². The summed E-state index contributed by atoms with van der Waals surface area (Å²) in [5.74, 6) is 0. The van der Waals surface area contributed by atoms with Gasteiger partial charge in [0.1, 0.15) is 0 Å². The molecule has 2 atom stereocenters. The first kappa shape index (κ1) is 17.8. The van der Waals surface area contributed by atoms with Crippen molar-refractivity contribution in [3.63, 3.8) is 0 Å². The summed E-state index contributed by atoms with van der Waals surface area (Å²) in [5.41, 5.74) is 1.05. The van der Waals surface area contributed by atoms with E-state index in [2.05, 4.69) is 4.72 Å². The zero-order valence-electron chi connectivity index (χ0n) is 13.4. The Morgan fingerprint density at radius 2 is 1.71 bits per heavy atom. The van der Waals surface area contributed by atoms with Crippen molar-refractivity contribution in [2.45, 2.75) is 47.3 Å². The van der Waals surface area contributed by atoms with Gasteiger partial charge in [-0.1, -0.05) is 35.7 Å². The molecule has 0 aromatic heterocycles. The van der Waals surface area contributed by atoms with Gasteiger partial charge in [0.2, 0.25) is 10.0 Å². The van der Waals surface area contributed by atoms with Crippen LogP contribution < -0.4 is 4.72 Å². The minimum absolute atomic E-state index is 0.0445. The van der Waals surface area contributed by atoms with Gasteiger partial charge in [0, 0.05) is 21.2 Å². The summed E-state index contributed by atoms with van der Waals surface area (Å²) in [5, 5.41) is 0.953. The number of benzene rings is 2. The van der Waals surface area contributed by atoms with E-state index in [1.807, 2.05) is 43.3 Å². The summed E-state index contributed by atoms with van der Waals surface area (Å²) in [4.78, 5) is 1.45. The van der Waals surface area contributed by atoms with E-state index >= 15 is 0 Å². The largest absolute Gasteiger partial charge is 0.240 e. The Labute approximate surface area is 152 Å². The number of rotatable bonds is 5. The van der Waals surface area contributed by atoms with Crippen LogP contribution in [0.5, 0.6) is 0 Å². The van der Waals surface area contributed by atoms with Crippen molar-refractivity contribution in [2.75, 3.05) is 0 Å². The van der Waals surface area contributed by atoms with Gasteiger partial charge in [-0.3, -0.25) is 0 Å². The van der Waals surface area contributed by atoms with Gasteiger partial charge in [-0.15, -0.1) is 11.8 Å². The molecule has 6 heteroatoms. The van der Waals surface area contributed by atoms with Crippen molar-refractivity contribution in [2.24, 2.45) is 0 Å². The molecule has 1 fully saturated rings. The normalized spacial score (nSPS) is 21.1. The van der Waals surface area contributed by atoms with E-state index in [9.17, 15) is 8.42 Å². The molecular weight excluding hydrogens is 362 g/mol. The van der Waals surface area contributed by atoms with Gasteiger partial charge in [0.25, 0.3) is 0 Å². The molecule has 24 heavy (non-hydrogen) atoms. The summed E-state index contributed by atoms with van der Waals surface area (Å²) in [7, 11) is -3.48. The smallest absolute Gasteiger partial charge is 0.207 e.